The number of nitrogens with zero attached hydrogens (tertiary/aromatic N) is 1. The minimum atomic E-state index is -0.384. The first kappa shape index (κ1) is 13.1. The van der Waals surface area contributed by atoms with E-state index in [4.69, 9.17) is 5.26 Å². The number of amides is 1. The molecular formula is C14H9BrN2O2. The molecule has 0 aliphatic heterocycles. The van der Waals surface area contributed by atoms with E-state index in [2.05, 4.69) is 21.2 Å². The SMILES string of the molecule is N#Cc1ccccc1NC(=O)c1ccc(Br)c(O)c1. The van der Waals surface area contributed by atoms with Gasteiger partial charge >= 0.3 is 0 Å². The molecule has 2 N–H and O–H groups in total. The Bertz CT molecular complexity index is 677. The second-order valence-corrected chi connectivity index (χ2v) is 4.63. The minimum absolute atomic E-state index is 0.0128. The van der Waals surface area contributed by atoms with E-state index in [0.717, 1.165) is 0 Å². The van der Waals surface area contributed by atoms with Crippen LogP contribution in [0.15, 0.2) is 46.9 Å². The van der Waals surface area contributed by atoms with Crippen LogP contribution in [0.5, 0.6) is 5.75 Å². The zero-order valence-electron chi connectivity index (χ0n) is 9.72. The molecule has 0 fully saturated rings. The predicted octanol–water partition coefficient (Wildman–Crippen LogP) is 3.28. The van der Waals surface area contributed by atoms with Gasteiger partial charge in [-0.3, -0.25) is 4.79 Å². The molecule has 0 radical (unpaired) electrons. The number of carbonyl (C=O) groups is 1. The quantitative estimate of drug-likeness (QED) is 0.893. The summed E-state index contributed by atoms with van der Waals surface area (Å²) in [6.45, 7) is 0. The molecule has 2 aromatic rings. The number of para-hydroxylation sites is 1. The lowest BCUT2D eigenvalue weighted by atomic mass is 10.1. The number of benzene rings is 2. The van der Waals surface area contributed by atoms with Crippen LogP contribution in [0.2, 0.25) is 0 Å². The Morgan fingerprint density at radius 3 is 2.68 bits per heavy atom. The smallest absolute Gasteiger partial charge is 0.255 e. The van der Waals surface area contributed by atoms with Crippen molar-refractivity contribution >= 4 is 27.5 Å². The summed E-state index contributed by atoms with van der Waals surface area (Å²) in [6, 6.07) is 13.2. The molecule has 94 valence electrons. The molecule has 2 aromatic carbocycles. The van der Waals surface area contributed by atoms with Crippen LogP contribution in [0.1, 0.15) is 15.9 Å². The van der Waals surface area contributed by atoms with E-state index in [0.29, 0.717) is 21.3 Å². The van der Waals surface area contributed by atoms with Crippen LogP contribution in [0.3, 0.4) is 0 Å². The van der Waals surface area contributed by atoms with Crippen LogP contribution < -0.4 is 5.32 Å². The molecule has 0 bridgehead atoms. The molecule has 0 unspecified atom stereocenters. The Balaban J connectivity index is 2.26. The minimum Gasteiger partial charge on any atom is -0.507 e. The highest BCUT2D eigenvalue weighted by atomic mass is 79.9. The predicted molar refractivity (Wildman–Crippen MR) is 74.9 cm³/mol. The molecule has 0 saturated heterocycles. The summed E-state index contributed by atoms with van der Waals surface area (Å²) in [5, 5.41) is 21.1. The molecule has 0 heterocycles. The number of anilines is 1. The summed E-state index contributed by atoms with van der Waals surface area (Å²) < 4.78 is 0.515. The lowest BCUT2D eigenvalue weighted by Gasteiger charge is -2.07. The van der Waals surface area contributed by atoms with E-state index in [9.17, 15) is 9.90 Å². The second kappa shape index (κ2) is 5.55. The Hall–Kier alpha value is -2.32. The maximum absolute atomic E-state index is 12.0. The zero-order chi connectivity index (χ0) is 13.8. The standard InChI is InChI=1S/C14H9BrN2O2/c15-11-6-5-9(7-13(11)18)14(19)17-12-4-2-1-3-10(12)8-16/h1-7,18H,(H,17,19). The third kappa shape index (κ3) is 2.92. The van der Waals surface area contributed by atoms with E-state index in [1.165, 1.54) is 6.07 Å². The Kier molecular flexibility index (Phi) is 3.83. The van der Waals surface area contributed by atoms with Crippen LogP contribution >= 0.6 is 15.9 Å². The summed E-state index contributed by atoms with van der Waals surface area (Å²) in [4.78, 5) is 12.0. The number of hydrogen-bond acceptors (Lipinski definition) is 3. The van der Waals surface area contributed by atoms with Gasteiger partial charge in [0, 0.05) is 5.56 Å². The van der Waals surface area contributed by atoms with E-state index < -0.39 is 0 Å². The van der Waals surface area contributed by atoms with Crippen molar-refractivity contribution in [1.29, 1.82) is 5.26 Å². The van der Waals surface area contributed by atoms with Gasteiger partial charge in [0.15, 0.2) is 0 Å². The third-order valence-corrected chi connectivity index (χ3v) is 3.17. The number of nitrogens with one attached hydrogen (secondary N) is 1. The van der Waals surface area contributed by atoms with Gasteiger partial charge < -0.3 is 10.4 Å². The molecule has 0 aliphatic rings. The maximum atomic E-state index is 12.0. The van der Waals surface area contributed by atoms with Crippen molar-refractivity contribution in [3.63, 3.8) is 0 Å². The van der Waals surface area contributed by atoms with Crippen molar-refractivity contribution in [3.8, 4) is 11.8 Å². The van der Waals surface area contributed by atoms with Crippen molar-refractivity contribution in [2.45, 2.75) is 0 Å². The van der Waals surface area contributed by atoms with E-state index in [1.807, 2.05) is 6.07 Å². The number of aromatic hydroxyl groups is 1. The third-order valence-electron chi connectivity index (χ3n) is 2.50. The molecule has 0 saturated carbocycles. The van der Waals surface area contributed by atoms with Crippen LogP contribution in [0.4, 0.5) is 5.69 Å². The van der Waals surface area contributed by atoms with Gasteiger partial charge in [-0.05, 0) is 46.3 Å². The lowest BCUT2D eigenvalue weighted by Crippen LogP contribution is -2.12. The summed E-state index contributed by atoms with van der Waals surface area (Å²) in [5.41, 5.74) is 1.14. The molecule has 0 aliphatic carbocycles. The van der Waals surface area contributed by atoms with Crippen molar-refractivity contribution in [2.75, 3.05) is 5.32 Å². The summed E-state index contributed by atoms with van der Waals surface area (Å²) in [5.74, 6) is -0.397. The number of halogens is 1. The number of phenols is 1. The summed E-state index contributed by atoms with van der Waals surface area (Å²) >= 11 is 3.14. The monoisotopic (exact) mass is 316 g/mol. The number of rotatable bonds is 2. The van der Waals surface area contributed by atoms with Crippen molar-refractivity contribution < 1.29 is 9.90 Å². The molecule has 1 amide bonds. The topological polar surface area (TPSA) is 73.1 Å². The second-order valence-electron chi connectivity index (χ2n) is 3.78. The Morgan fingerprint density at radius 1 is 1.26 bits per heavy atom. The van der Waals surface area contributed by atoms with Crippen LogP contribution in [0, 0.1) is 11.3 Å². The molecule has 5 heteroatoms. The lowest BCUT2D eigenvalue weighted by molar-refractivity contribution is 0.102. The van der Waals surface area contributed by atoms with Gasteiger partial charge in [0.2, 0.25) is 0 Å². The highest BCUT2D eigenvalue weighted by molar-refractivity contribution is 9.10. The van der Waals surface area contributed by atoms with Crippen molar-refractivity contribution in [3.05, 3.63) is 58.1 Å². The summed E-state index contributed by atoms with van der Waals surface area (Å²) in [7, 11) is 0. The molecule has 0 aromatic heterocycles. The molecular weight excluding hydrogens is 308 g/mol. The largest absolute Gasteiger partial charge is 0.507 e. The number of phenolic OH excluding ortho intramolecular Hbond substituents is 1. The van der Waals surface area contributed by atoms with Gasteiger partial charge in [-0.1, -0.05) is 12.1 Å². The normalized spacial score (nSPS) is 9.68. The fraction of sp³-hybridized carbons (Fsp3) is 0. The molecule has 2 rings (SSSR count). The average Bonchev–Trinajstić information content (AvgIpc) is 2.42. The van der Waals surface area contributed by atoms with E-state index in [-0.39, 0.29) is 11.7 Å². The van der Waals surface area contributed by atoms with Gasteiger partial charge in [0.05, 0.1) is 15.7 Å². The van der Waals surface area contributed by atoms with Crippen molar-refractivity contribution in [2.24, 2.45) is 0 Å². The molecule has 0 atom stereocenters. The van der Waals surface area contributed by atoms with Gasteiger partial charge in [-0.25, -0.2) is 0 Å². The average molecular weight is 317 g/mol. The number of hydrogen-bond donors (Lipinski definition) is 2. The van der Waals surface area contributed by atoms with E-state index >= 15 is 0 Å². The van der Waals surface area contributed by atoms with Crippen molar-refractivity contribution in [1.82, 2.24) is 0 Å². The van der Waals surface area contributed by atoms with Crippen LogP contribution in [-0.2, 0) is 0 Å². The van der Waals surface area contributed by atoms with E-state index in [1.54, 1.807) is 36.4 Å². The fourth-order valence-corrected chi connectivity index (χ4v) is 1.78. The van der Waals surface area contributed by atoms with Gasteiger partial charge in [-0.15, -0.1) is 0 Å². The Morgan fingerprint density at radius 2 is 2.00 bits per heavy atom. The number of carbonyl (C=O) groups excluding carboxylic acids is 1. The van der Waals surface area contributed by atoms with Crippen LogP contribution in [-0.4, -0.2) is 11.0 Å². The van der Waals surface area contributed by atoms with Gasteiger partial charge in [0.1, 0.15) is 11.8 Å². The van der Waals surface area contributed by atoms with Gasteiger partial charge in [0.25, 0.3) is 5.91 Å². The molecule has 0 spiro atoms. The maximum Gasteiger partial charge on any atom is 0.255 e. The zero-order valence-corrected chi connectivity index (χ0v) is 11.3. The Labute approximate surface area is 118 Å². The first-order chi connectivity index (χ1) is 9.11. The number of nitriles is 1. The highest BCUT2D eigenvalue weighted by Crippen LogP contribution is 2.25. The molecule has 19 heavy (non-hydrogen) atoms. The first-order valence-corrected chi connectivity index (χ1v) is 6.20. The highest BCUT2D eigenvalue weighted by Gasteiger charge is 2.10. The van der Waals surface area contributed by atoms with Gasteiger partial charge in [-0.2, -0.15) is 5.26 Å². The van der Waals surface area contributed by atoms with Crippen LogP contribution in [0.25, 0.3) is 0 Å². The fourth-order valence-electron chi connectivity index (χ4n) is 1.54. The first-order valence-electron chi connectivity index (χ1n) is 5.41. The molecule has 4 nitrogen and oxygen atoms in total. The summed E-state index contributed by atoms with van der Waals surface area (Å²) in [6.07, 6.45) is 0.